The van der Waals surface area contributed by atoms with Crippen LogP contribution in [0, 0.1) is 0 Å². The summed E-state index contributed by atoms with van der Waals surface area (Å²) in [6, 6.07) is 22.1. The number of nitrogens with one attached hydrogen (secondary N) is 1. The van der Waals surface area contributed by atoms with E-state index in [-0.39, 0.29) is 22.4 Å². The van der Waals surface area contributed by atoms with Crippen molar-refractivity contribution in [2.75, 3.05) is 18.5 Å². The average Bonchev–Trinajstić information content (AvgIpc) is 2.82. The zero-order chi connectivity index (χ0) is 22.4. The predicted molar refractivity (Wildman–Crippen MR) is 122 cm³/mol. The van der Waals surface area contributed by atoms with Gasteiger partial charge < -0.3 is 10.1 Å². The predicted octanol–water partition coefficient (Wildman–Crippen LogP) is 4.40. The molecule has 162 valence electrons. The molecular weight excluding hydrogens is 412 g/mol. The van der Waals surface area contributed by atoms with Gasteiger partial charge in [-0.1, -0.05) is 49.4 Å². The van der Waals surface area contributed by atoms with Gasteiger partial charge in [0.2, 0.25) is 0 Å². The maximum absolute atomic E-state index is 13.1. The first-order chi connectivity index (χ1) is 14.9. The minimum absolute atomic E-state index is 0.164. The number of ether oxygens (including phenoxy) is 1. The summed E-state index contributed by atoms with van der Waals surface area (Å²) in [7, 11) is -0.747. The summed E-state index contributed by atoms with van der Waals surface area (Å²) in [5, 5.41) is 3.02. The summed E-state index contributed by atoms with van der Waals surface area (Å²) in [6.07, 6.45) is 0.679. The van der Waals surface area contributed by atoms with Gasteiger partial charge in [-0.05, 0) is 48.4 Å². The van der Waals surface area contributed by atoms with Gasteiger partial charge in [0, 0.05) is 7.05 Å². The van der Waals surface area contributed by atoms with Crippen molar-refractivity contribution in [3.63, 3.8) is 0 Å². The number of hydrogen-bond donors (Lipinski definition) is 1. The quantitative estimate of drug-likeness (QED) is 0.566. The molecule has 0 heterocycles. The van der Waals surface area contributed by atoms with Crippen LogP contribution in [0.25, 0.3) is 0 Å². The van der Waals surface area contributed by atoms with Crippen LogP contribution in [0.4, 0.5) is 5.69 Å². The maximum atomic E-state index is 13.1. The molecule has 6 nitrogen and oxygen atoms in total. The van der Waals surface area contributed by atoms with Crippen LogP contribution in [0.3, 0.4) is 0 Å². The first-order valence-electron chi connectivity index (χ1n) is 9.96. The second kappa shape index (κ2) is 9.66. The third-order valence-corrected chi connectivity index (χ3v) is 6.91. The number of benzene rings is 3. The Bertz CT molecular complexity index is 1130. The van der Waals surface area contributed by atoms with E-state index < -0.39 is 10.0 Å². The Morgan fingerprint density at radius 2 is 1.58 bits per heavy atom. The minimum Gasteiger partial charge on any atom is -0.497 e. The van der Waals surface area contributed by atoms with E-state index in [4.69, 9.17) is 4.74 Å². The molecule has 0 spiro atoms. The van der Waals surface area contributed by atoms with Gasteiger partial charge in [-0.25, -0.2) is 8.42 Å². The molecule has 0 aromatic heterocycles. The molecule has 0 saturated heterocycles. The lowest BCUT2D eigenvalue weighted by molar-refractivity contribution is 0.0936. The number of carbonyl (C=O) groups is 1. The topological polar surface area (TPSA) is 75.7 Å². The largest absolute Gasteiger partial charge is 0.497 e. The molecule has 0 aliphatic heterocycles. The van der Waals surface area contributed by atoms with Crippen LogP contribution in [0.15, 0.2) is 83.8 Å². The maximum Gasteiger partial charge on any atom is 0.264 e. The number of anilines is 1. The van der Waals surface area contributed by atoms with Crippen LogP contribution in [0.2, 0.25) is 0 Å². The van der Waals surface area contributed by atoms with Crippen molar-refractivity contribution in [3.05, 3.63) is 90.0 Å². The van der Waals surface area contributed by atoms with Gasteiger partial charge in [0.1, 0.15) is 5.75 Å². The molecule has 3 aromatic carbocycles. The zero-order valence-electron chi connectivity index (χ0n) is 17.8. The van der Waals surface area contributed by atoms with Crippen LogP contribution >= 0.6 is 0 Å². The monoisotopic (exact) mass is 438 g/mol. The van der Waals surface area contributed by atoms with E-state index in [9.17, 15) is 13.2 Å². The normalized spacial score (nSPS) is 12.1. The van der Waals surface area contributed by atoms with Crippen LogP contribution in [0.5, 0.6) is 5.75 Å². The van der Waals surface area contributed by atoms with E-state index in [1.54, 1.807) is 49.6 Å². The van der Waals surface area contributed by atoms with Crippen molar-refractivity contribution in [3.8, 4) is 5.75 Å². The zero-order valence-corrected chi connectivity index (χ0v) is 18.6. The highest BCUT2D eigenvalue weighted by Gasteiger charge is 2.25. The number of amides is 1. The Labute approximate surface area is 183 Å². The second-order valence-corrected chi connectivity index (χ2v) is 8.98. The van der Waals surface area contributed by atoms with Crippen molar-refractivity contribution < 1.29 is 17.9 Å². The third-order valence-electron chi connectivity index (χ3n) is 5.12. The Morgan fingerprint density at radius 3 is 2.19 bits per heavy atom. The second-order valence-electron chi connectivity index (χ2n) is 7.01. The summed E-state index contributed by atoms with van der Waals surface area (Å²) >= 11 is 0. The smallest absolute Gasteiger partial charge is 0.264 e. The number of para-hydroxylation sites is 1. The molecule has 0 bridgehead atoms. The fourth-order valence-corrected chi connectivity index (χ4v) is 4.55. The summed E-state index contributed by atoms with van der Waals surface area (Å²) in [5.41, 5.74) is 1.55. The van der Waals surface area contributed by atoms with E-state index in [2.05, 4.69) is 5.32 Å². The molecule has 1 N–H and O–H groups in total. The van der Waals surface area contributed by atoms with E-state index in [0.717, 1.165) is 15.6 Å². The summed E-state index contributed by atoms with van der Waals surface area (Å²) in [4.78, 5) is 13.3. The van der Waals surface area contributed by atoms with E-state index in [1.165, 1.54) is 19.2 Å². The Morgan fingerprint density at radius 1 is 0.968 bits per heavy atom. The molecule has 7 heteroatoms. The Hall–Kier alpha value is -3.32. The van der Waals surface area contributed by atoms with Gasteiger partial charge in [0.15, 0.2) is 0 Å². The van der Waals surface area contributed by atoms with Crippen molar-refractivity contribution in [1.82, 2.24) is 5.32 Å². The van der Waals surface area contributed by atoms with Crippen molar-refractivity contribution in [2.24, 2.45) is 0 Å². The number of methoxy groups -OCH3 is 1. The molecule has 0 fully saturated rings. The summed E-state index contributed by atoms with van der Waals surface area (Å²) < 4.78 is 32.4. The van der Waals surface area contributed by atoms with Gasteiger partial charge in [-0.3, -0.25) is 9.10 Å². The Kier molecular flexibility index (Phi) is 6.97. The third kappa shape index (κ3) is 4.88. The first kappa shape index (κ1) is 22.4. The van der Waals surface area contributed by atoms with Crippen LogP contribution < -0.4 is 14.4 Å². The molecule has 1 amide bonds. The highest BCUT2D eigenvalue weighted by molar-refractivity contribution is 7.92. The van der Waals surface area contributed by atoms with Crippen LogP contribution in [-0.4, -0.2) is 28.5 Å². The van der Waals surface area contributed by atoms with Crippen LogP contribution in [-0.2, 0) is 10.0 Å². The Balaban J connectivity index is 1.89. The van der Waals surface area contributed by atoms with Gasteiger partial charge in [-0.2, -0.15) is 0 Å². The van der Waals surface area contributed by atoms with Gasteiger partial charge in [-0.15, -0.1) is 0 Å². The molecule has 0 aliphatic carbocycles. The number of sulfonamides is 1. The van der Waals surface area contributed by atoms with E-state index in [0.29, 0.717) is 12.1 Å². The van der Waals surface area contributed by atoms with Gasteiger partial charge in [0.05, 0.1) is 29.3 Å². The van der Waals surface area contributed by atoms with Gasteiger partial charge in [0.25, 0.3) is 15.9 Å². The fourth-order valence-electron chi connectivity index (χ4n) is 3.31. The number of rotatable bonds is 8. The highest BCUT2D eigenvalue weighted by atomic mass is 32.2. The lowest BCUT2D eigenvalue weighted by Gasteiger charge is -2.23. The average molecular weight is 439 g/mol. The standard InChI is InChI=1S/C24H26N2O4S/c1-4-22(18-14-16-19(30-3)17-15-18)25-24(27)21-12-8-9-13-23(21)26(2)31(28,29)20-10-6-5-7-11-20/h5-17,22H,4H2,1-3H3,(H,25,27). The molecule has 31 heavy (non-hydrogen) atoms. The fraction of sp³-hybridized carbons (Fsp3) is 0.208. The molecular formula is C24H26N2O4S. The molecule has 0 aliphatic rings. The molecule has 3 rings (SSSR count). The van der Waals surface area contributed by atoms with E-state index >= 15 is 0 Å². The first-order valence-corrected chi connectivity index (χ1v) is 11.4. The van der Waals surface area contributed by atoms with Crippen molar-refractivity contribution in [2.45, 2.75) is 24.3 Å². The highest BCUT2D eigenvalue weighted by Crippen LogP contribution is 2.27. The van der Waals surface area contributed by atoms with Crippen molar-refractivity contribution >= 4 is 21.6 Å². The number of nitrogens with zero attached hydrogens (tertiary/aromatic N) is 1. The molecule has 1 unspecified atom stereocenters. The lowest BCUT2D eigenvalue weighted by atomic mass is 10.0. The molecule has 1 atom stereocenters. The lowest BCUT2D eigenvalue weighted by Crippen LogP contribution is -2.32. The molecule has 0 saturated carbocycles. The SMILES string of the molecule is CCC(NC(=O)c1ccccc1N(C)S(=O)(=O)c1ccccc1)c1ccc(OC)cc1. The number of carbonyl (C=O) groups excluding carboxylic acids is 1. The van der Waals surface area contributed by atoms with E-state index in [1.807, 2.05) is 31.2 Å². The number of hydrogen-bond acceptors (Lipinski definition) is 4. The van der Waals surface area contributed by atoms with Gasteiger partial charge >= 0.3 is 0 Å². The molecule has 3 aromatic rings. The minimum atomic E-state index is -3.80. The molecule has 0 radical (unpaired) electrons. The van der Waals surface area contributed by atoms with Crippen LogP contribution in [0.1, 0.15) is 35.3 Å². The summed E-state index contributed by atoms with van der Waals surface area (Å²) in [6.45, 7) is 1.98. The van der Waals surface area contributed by atoms with Crippen molar-refractivity contribution in [1.29, 1.82) is 0 Å². The summed E-state index contributed by atoms with van der Waals surface area (Å²) in [5.74, 6) is 0.399.